The topological polar surface area (TPSA) is 68.5 Å². The van der Waals surface area contributed by atoms with Crippen LogP contribution in [0.3, 0.4) is 0 Å². The van der Waals surface area contributed by atoms with Crippen molar-refractivity contribution in [2.75, 3.05) is 19.0 Å². The Morgan fingerprint density at radius 2 is 2.15 bits per heavy atom. The number of hydrogen-bond donors (Lipinski definition) is 1. The van der Waals surface area contributed by atoms with Gasteiger partial charge in [0.05, 0.1) is 0 Å². The fraction of sp³-hybridized carbons (Fsp3) is 0.200. The summed E-state index contributed by atoms with van der Waals surface area (Å²) in [5.41, 5.74) is 2.38. The molecule has 0 atom stereocenters. The highest BCUT2D eigenvalue weighted by atomic mass is 16.5. The number of ether oxygens (including phenoxy) is 1. The Kier molecular flexibility index (Phi) is 4.32. The van der Waals surface area contributed by atoms with Gasteiger partial charge in [0.15, 0.2) is 12.0 Å². The minimum absolute atomic E-state index is 0.000288. The van der Waals surface area contributed by atoms with E-state index in [2.05, 4.69) is 5.32 Å². The van der Waals surface area contributed by atoms with Gasteiger partial charge in [0.25, 0.3) is 0 Å². The average molecular weight is 273 g/mol. The minimum atomic E-state index is -0.222. The van der Waals surface area contributed by atoms with Gasteiger partial charge in [0, 0.05) is 18.4 Å². The fourth-order valence-electron chi connectivity index (χ4n) is 1.92. The first-order valence-electron chi connectivity index (χ1n) is 6.09. The molecule has 0 spiro atoms. The molecule has 0 radical (unpaired) electrons. The van der Waals surface area contributed by atoms with E-state index in [0.717, 1.165) is 11.1 Å². The Balaban J connectivity index is 2.31. The summed E-state index contributed by atoms with van der Waals surface area (Å²) < 4.78 is 10.2. The largest absolute Gasteiger partial charge is 0.453 e. The van der Waals surface area contributed by atoms with Crippen LogP contribution in [-0.4, -0.2) is 25.9 Å². The number of carbonyl (C=O) groups is 2. The Morgan fingerprint density at radius 3 is 2.80 bits per heavy atom. The standard InChI is InChI=1S/C15H15NO4/c1-10-12(14-7-6-11(8-17)20-14)4-3-5-13(10)16-15(18)9-19-2/h3-8H,9H2,1-2H3,(H,16,18). The lowest BCUT2D eigenvalue weighted by Gasteiger charge is -2.11. The Labute approximate surface area is 116 Å². The molecule has 0 unspecified atom stereocenters. The van der Waals surface area contributed by atoms with Crippen LogP contribution in [0.1, 0.15) is 16.1 Å². The third kappa shape index (κ3) is 2.95. The third-order valence-corrected chi connectivity index (χ3v) is 2.89. The van der Waals surface area contributed by atoms with Crippen LogP contribution < -0.4 is 5.32 Å². The van der Waals surface area contributed by atoms with Crippen LogP contribution in [-0.2, 0) is 9.53 Å². The lowest BCUT2D eigenvalue weighted by molar-refractivity contribution is -0.119. The second kappa shape index (κ2) is 6.16. The molecule has 0 aliphatic heterocycles. The van der Waals surface area contributed by atoms with E-state index in [1.54, 1.807) is 18.2 Å². The molecule has 2 rings (SSSR count). The first kappa shape index (κ1) is 14.0. The molecule has 0 aliphatic rings. The zero-order valence-corrected chi connectivity index (χ0v) is 11.3. The first-order chi connectivity index (χ1) is 9.65. The molecule has 104 valence electrons. The van der Waals surface area contributed by atoms with Crippen molar-refractivity contribution in [3.05, 3.63) is 41.7 Å². The minimum Gasteiger partial charge on any atom is -0.453 e. The van der Waals surface area contributed by atoms with Crippen LogP contribution in [0.15, 0.2) is 34.7 Å². The number of aldehydes is 1. The van der Waals surface area contributed by atoms with Gasteiger partial charge in [-0.25, -0.2) is 0 Å². The van der Waals surface area contributed by atoms with E-state index in [1.165, 1.54) is 7.11 Å². The number of anilines is 1. The number of furan rings is 1. The summed E-state index contributed by atoms with van der Waals surface area (Å²) in [6, 6.07) is 8.82. The van der Waals surface area contributed by atoms with E-state index in [-0.39, 0.29) is 18.3 Å². The molecule has 1 amide bonds. The van der Waals surface area contributed by atoms with Crippen molar-refractivity contribution < 1.29 is 18.7 Å². The second-order valence-electron chi connectivity index (χ2n) is 4.28. The van der Waals surface area contributed by atoms with Crippen LogP contribution in [0.2, 0.25) is 0 Å². The number of carbonyl (C=O) groups excluding carboxylic acids is 2. The highest BCUT2D eigenvalue weighted by Crippen LogP contribution is 2.29. The van der Waals surface area contributed by atoms with Gasteiger partial charge in [0.2, 0.25) is 5.91 Å². The predicted octanol–water partition coefficient (Wildman–Crippen LogP) is 2.65. The molecule has 0 bridgehead atoms. The van der Waals surface area contributed by atoms with Crippen molar-refractivity contribution in [1.82, 2.24) is 0 Å². The number of nitrogens with one attached hydrogen (secondary N) is 1. The number of benzene rings is 1. The molecule has 0 saturated carbocycles. The molecule has 1 aromatic heterocycles. The summed E-state index contributed by atoms with van der Waals surface area (Å²) in [5.74, 6) is 0.640. The van der Waals surface area contributed by atoms with Crippen molar-refractivity contribution in [2.24, 2.45) is 0 Å². The van der Waals surface area contributed by atoms with Gasteiger partial charge in [-0.3, -0.25) is 9.59 Å². The maximum Gasteiger partial charge on any atom is 0.250 e. The fourth-order valence-corrected chi connectivity index (χ4v) is 1.92. The maximum atomic E-state index is 11.6. The number of methoxy groups -OCH3 is 1. The van der Waals surface area contributed by atoms with E-state index in [1.807, 2.05) is 19.1 Å². The zero-order chi connectivity index (χ0) is 14.5. The molecule has 1 heterocycles. The van der Waals surface area contributed by atoms with Gasteiger partial charge >= 0.3 is 0 Å². The summed E-state index contributed by atoms with van der Waals surface area (Å²) in [7, 11) is 1.46. The first-order valence-corrected chi connectivity index (χ1v) is 6.09. The van der Waals surface area contributed by atoms with Gasteiger partial charge in [0.1, 0.15) is 12.4 Å². The molecule has 1 aromatic carbocycles. The van der Waals surface area contributed by atoms with Crippen molar-refractivity contribution in [3.8, 4) is 11.3 Å². The highest BCUT2D eigenvalue weighted by Gasteiger charge is 2.11. The van der Waals surface area contributed by atoms with Crippen molar-refractivity contribution in [3.63, 3.8) is 0 Å². The number of amides is 1. The van der Waals surface area contributed by atoms with Crippen LogP contribution >= 0.6 is 0 Å². The maximum absolute atomic E-state index is 11.6. The van der Waals surface area contributed by atoms with Gasteiger partial charge < -0.3 is 14.5 Å². The molecule has 1 N–H and O–H groups in total. The summed E-state index contributed by atoms with van der Waals surface area (Å²) in [5, 5.41) is 2.77. The van der Waals surface area contributed by atoms with E-state index < -0.39 is 0 Å². The quantitative estimate of drug-likeness (QED) is 0.850. The van der Waals surface area contributed by atoms with Gasteiger partial charge in [-0.2, -0.15) is 0 Å². The average Bonchev–Trinajstić information content (AvgIpc) is 2.90. The van der Waals surface area contributed by atoms with Gasteiger partial charge in [-0.15, -0.1) is 0 Å². The van der Waals surface area contributed by atoms with Gasteiger partial charge in [-0.1, -0.05) is 12.1 Å². The molecule has 0 aliphatic carbocycles. The molecular weight excluding hydrogens is 258 g/mol. The molecule has 2 aromatic rings. The Hall–Kier alpha value is -2.40. The summed E-state index contributed by atoms with van der Waals surface area (Å²) in [4.78, 5) is 22.2. The third-order valence-electron chi connectivity index (χ3n) is 2.89. The SMILES string of the molecule is COCC(=O)Nc1cccc(-c2ccc(C=O)o2)c1C. The van der Waals surface area contributed by atoms with Crippen LogP contribution in [0.5, 0.6) is 0 Å². The van der Waals surface area contributed by atoms with Crippen molar-refractivity contribution >= 4 is 17.9 Å². The van der Waals surface area contributed by atoms with Crippen molar-refractivity contribution in [1.29, 1.82) is 0 Å². The summed E-state index contributed by atoms with van der Waals surface area (Å²) >= 11 is 0. The number of hydrogen-bond acceptors (Lipinski definition) is 4. The van der Waals surface area contributed by atoms with Gasteiger partial charge in [-0.05, 0) is 30.7 Å². The number of rotatable bonds is 5. The Morgan fingerprint density at radius 1 is 1.35 bits per heavy atom. The van der Waals surface area contributed by atoms with E-state index in [4.69, 9.17) is 9.15 Å². The summed E-state index contributed by atoms with van der Waals surface area (Å²) in [6.45, 7) is 1.88. The molecule has 0 fully saturated rings. The zero-order valence-electron chi connectivity index (χ0n) is 11.3. The van der Waals surface area contributed by atoms with E-state index in [9.17, 15) is 9.59 Å². The smallest absolute Gasteiger partial charge is 0.250 e. The molecule has 5 nitrogen and oxygen atoms in total. The van der Waals surface area contributed by atoms with Crippen LogP contribution in [0, 0.1) is 6.92 Å². The predicted molar refractivity (Wildman–Crippen MR) is 74.8 cm³/mol. The van der Waals surface area contributed by atoms with E-state index >= 15 is 0 Å². The monoisotopic (exact) mass is 273 g/mol. The van der Waals surface area contributed by atoms with Crippen molar-refractivity contribution in [2.45, 2.75) is 6.92 Å². The van der Waals surface area contributed by atoms with Crippen LogP contribution in [0.25, 0.3) is 11.3 Å². The molecule has 0 saturated heterocycles. The lowest BCUT2D eigenvalue weighted by Crippen LogP contribution is -2.17. The Bertz CT molecular complexity index is 631. The highest BCUT2D eigenvalue weighted by molar-refractivity contribution is 5.93. The summed E-state index contributed by atoms with van der Waals surface area (Å²) in [6.07, 6.45) is 0.656. The van der Waals surface area contributed by atoms with E-state index in [0.29, 0.717) is 17.7 Å². The lowest BCUT2D eigenvalue weighted by atomic mass is 10.0. The molecular formula is C15H15NO4. The normalized spacial score (nSPS) is 10.3. The van der Waals surface area contributed by atoms with Crippen LogP contribution in [0.4, 0.5) is 5.69 Å². The molecule has 5 heteroatoms. The second-order valence-corrected chi connectivity index (χ2v) is 4.28. The molecule has 20 heavy (non-hydrogen) atoms.